The first-order valence-corrected chi connectivity index (χ1v) is 10.1. The minimum atomic E-state index is -0.847. The van der Waals surface area contributed by atoms with Gasteiger partial charge in [-0.25, -0.2) is 8.78 Å². The number of hydrogen-bond acceptors (Lipinski definition) is 3. The molecule has 1 saturated heterocycles. The molecule has 1 heterocycles. The summed E-state index contributed by atoms with van der Waals surface area (Å²) in [6.45, 7) is 5.19. The molecule has 3 rings (SSSR count). The van der Waals surface area contributed by atoms with Gasteiger partial charge in [-0.15, -0.1) is 0 Å². The Balaban J connectivity index is 1.55. The molecule has 1 aliphatic heterocycles. The number of rotatable bonds is 6. The van der Waals surface area contributed by atoms with E-state index in [0.29, 0.717) is 31.0 Å². The van der Waals surface area contributed by atoms with E-state index in [1.54, 1.807) is 29.2 Å². The molecule has 7 heteroatoms. The molecule has 2 amide bonds. The molecule has 1 unspecified atom stereocenters. The summed E-state index contributed by atoms with van der Waals surface area (Å²) in [5.41, 5.74) is 0.444. The van der Waals surface area contributed by atoms with E-state index in [1.165, 1.54) is 6.07 Å². The second-order valence-corrected chi connectivity index (χ2v) is 7.85. The van der Waals surface area contributed by atoms with Crippen LogP contribution in [0.15, 0.2) is 42.5 Å². The fourth-order valence-electron chi connectivity index (χ4n) is 3.48. The molecule has 2 aromatic rings. The zero-order valence-corrected chi connectivity index (χ0v) is 17.2. The van der Waals surface area contributed by atoms with E-state index in [2.05, 4.69) is 5.32 Å². The first-order valence-electron chi connectivity index (χ1n) is 10.1. The quantitative estimate of drug-likeness (QED) is 0.773. The average Bonchev–Trinajstić information content (AvgIpc) is 2.72. The predicted octanol–water partition coefficient (Wildman–Crippen LogP) is 4.03. The van der Waals surface area contributed by atoms with Crippen LogP contribution in [0.2, 0.25) is 0 Å². The Morgan fingerprint density at radius 3 is 2.57 bits per heavy atom. The van der Waals surface area contributed by atoms with Crippen LogP contribution < -0.4 is 10.1 Å². The largest absolute Gasteiger partial charge is 0.493 e. The number of likely N-dealkylation sites (tertiary alicyclic amines) is 1. The van der Waals surface area contributed by atoms with Gasteiger partial charge in [-0.2, -0.15) is 0 Å². The van der Waals surface area contributed by atoms with Gasteiger partial charge in [0.15, 0.2) is 0 Å². The molecule has 0 aliphatic carbocycles. The molecular weight excluding hydrogens is 390 g/mol. The van der Waals surface area contributed by atoms with E-state index in [-0.39, 0.29) is 23.4 Å². The number of nitrogens with one attached hydrogen (secondary N) is 1. The predicted molar refractivity (Wildman–Crippen MR) is 110 cm³/mol. The number of piperidine rings is 1. The third kappa shape index (κ3) is 5.55. The molecule has 160 valence electrons. The molecule has 1 N–H and O–H groups in total. The van der Waals surface area contributed by atoms with Crippen LogP contribution >= 0.6 is 0 Å². The van der Waals surface area contributed by atoms with Gasteiger partial charge >= 0.3 is 0 Å². The van der Waals surface area contributed by atoms with Gasteiger partial charge in [0, 0.05) is 36.7 Å². The summed E-state index contributed by atoms with van der Waals surface area (Å²) in [5, 5.41) is 2.83. The highest BCUT2D eigenvalue weighted by Gasteiger charge is 2.26. The van der Waals surface area contributed by atoms with E-state index >= 15 is 0 Å². The van der Waals surface area contributed by atoms with E-state index in [9.17, 15) is 18.4 Å². The van der Waals surface area contributed by atoms with Crippen molar-refractivity contribution < 1.29 is 23.1 Å². The van der Waals surface area contributed by atoms with Gasteiger partial charge < -0.3 is 15.0 Å². The Labute approximate surface area is 175 Å². The molecule has 0 spiro atoms. The third-order valence-corrected chi connectivity index (χ3v) is 4.99. The zero-order chi connectivity index (χ0) is 21.7. The fraction of sp³-hybridized carbons (Fsp3) is 0.391. The van der Waals surface area contributed by atoms with Crippen molar-refractivity contribution in [3.05, 3.63) is 65.2 Å². The van der Waals surface area contributed by atoms with Gasteiger partial charge in [0.25, 0.3) is 11.8 Å². The van der Waals surface area contributed by atoms with Gasteiger partial charge in [-0.05, 0) is 63.1 Å². The first kappa shape index (κ1) is 21.7. The Hall–Kier alpha value is -2.96. The Morgan fingerprint density at radius 2 is 1.90 bits per heavy atom. The van der Waals surface area contributed by atoms with Gasteiger partial charge in [-0.3, -0.25) is 9.59 Å². The van der Waals surface area contributed by atoms with Gasteiger partial charge in [0.2, 0.25) is 0 Å². The van der Waals surface area contributed by atoms with E-state index in [1.807, 2.05) is 13.8 Å². The molecular formula is C23H26F2N2O3. The molecule has 0 aromatic heterocycles. The standard InChI is InChI=1S/C23H26F2N2O3/c1-15(2)26-22(28)17-5-8-19(9-6-17)30-14-16-4-3-11-27(13-16)23(29)20-10-7-18(24)12-21(20)25/h5-10,12,15-16H,3-4,11,13-14H2,1-2H3,(H,26,28). The van der Waals surface area contributed by atoms with Gasteiger partial charge in [0.05, 0.1) is 12.2 Å². The minimum Gasteiger partial charge on any atom is -0.493 e. The van der Waals surface area contributed by atoms with Crippen LogP contribution in [0, 0.1) is 17.6 Å². The van der Waals surface area contributed by atoms with Crippen molar-refractivity contribution in [1.82, 2.24) is 10.2 Å². The molecule has 30 heavy (non-hydrogen) atoms. The lowest BCUT2D eigenvalue weighted by molar-refractivity contribution is 0.0628. The summed E-state index contributed by atoms with van der Waals surface area (Å²) in [7, 11) is 0. The molecule has 0 radical (unpaired) electrons. The van der Waals surface area contributed by atoms with E-state index in [4.69, 9.17) is 4.74 Å². The lowest BCUT2D eigenvalue weighted by Gasteiger charge is -2.32. The summed E-state index contributed by atoms with van der Waals surface area (Å²) in [6.07, 6.45) is 1.68. The lowest BCUT2D eigenvalue weighted by Crippen LogP contribution is -2.41. The van der Waals surface area contributed by atoms with Crippen LogP contribution in [0.4, 0.5) is 8.78 Å². The second-order valence-electron chi connectivity index (χ2n) is 7.85. The summed E-state index contributed by atoms with van der Waals surface area (Å²) >= 11 is 0. The highest BCUT2D eigenvalue weighted by Crippen LogP contribution is 2.22. The maximum absolute atomic E-state index is 13.9. The molecule has 2 aromatic carbocycles. The number of carbonyl (C=O) groups excluding carboxylic acids is 2. The zero-order valence-electron chi connectivity index (χ0n) is 17.2. The van der Waals surface area contributed by atoms with Crippen LogP contribution in [0.3, 0.4) is 0 Å². The first-order chi connectivity index (χ1) is 14.3. The highest BCUT2D eigenvalue weighted by atomic mass is 19.1. The van der Waals surface area contributed by atoms with Crippen molar-refractivity contribution in [1.29, 1.82) is 0 Å². The second kappa shape index (κ2) is 9.69. The van der Waals surface area contributed by atoms with E-state index < -0.39 is 17.5 Å². The van der Waals surface area contributed by atoms with Crippen molar-refractivity contribution in [3.8, 4) is 5.75 Å². The Kier molecular flexibility index (Phi) is 7.03. The number of benzene rings is 2. The SMILES string of the molecule is CC(C)NC(=O)c1ccc(OCC2CCCN(C(=O)c3ccc(F)cc3F)C2)cc1. The van der Waals surface area contributed by atoms with Crippen LogP contribution in [-0.2, 0) is 0 Å². The molecule has 1 fully saturated rings. The van der Waals surface area contributed by atoms with Crippen molar-refractivity contribution in [2.75, 3.05) is 19.7 Å². The van der Waals surface area contributed by atoms with Gasteiger partial charge in [0.1, 0.15) is 17.4 Å². The van der Waals surface area contributed by atoms with E-state index in [0.717, 1.165) is 25.0 Å². The topological polar surface area (TPSA) is 58.6 Å². The molecule has 1 aliphatic rings. The smallest absolute Gasteiger partial charge is 0.256 e. The molecule has 1 atom stereocenters. The molecule has 0 saturated carbocycles. The van der Waals surface area contributed by atoms with Crippen molar-refractivity contribution in [3.63, 3.8) is 0 Å². The summed E-state index contributed by atoms with van der Waals surface area (Å²) < 4.78 is 32.9. The number of amides is 2. The number of ether oxygens (including phenoxy) is 1. The minimum absolute atomic E-state index is 0.0637. The fourth-order valence-corrected chi connectivity index (χ4v) is 3.48. The number of nitrogens with zero attached hydrogens (tertiary/aromatic N) is 1. The number of carbonyl (C=O) groups is 2. The van der Waals surface area contributed by atoms with Crippen LogP contribution in [0.5, 0.6) is 5.75 Å². The summed E-state index contributed by atoms with van der Waals surface area (Å²) in [4.78, 5) is 26.2. The highest BCUT2D eigenvalue weighted by molar-refractivity contribution is 5.95. The van der Waals surface area contributed by atoms with Crippen molar-refractivity contribution >= 4 is 11.8 Å². The van der Waals surface area contributed by atoms with Gasteiger partial charge in [-0.1, -0.05) is 0 Å². The average molecular weight is 416 g/mol. The summed E-state index contributed by atoms with van der Waals surface area (Å²) in [6, 6.07) is 9.97. The Bertz CT molecular complexity index is 900. The van der Waals surface area contributed by atoms with Crippen molar-refractivity contribution in [2.45, 2.75) is 32.7 Å². The molecule has 0 bridgehead atoms. The third-order valence-electron chi connectivity index (χ3n) is 4.99. The van der Waals surface area contributed by atoms with Crippen molar-refractivity contribution in [2.24, 2.45) is 5.92 Å². The normalized spacial score (nSPS) is 16.4. The maximum Gasteiger partial charge on any atom is 0.256 e. The number of hydrogen-bond donors (Lipinski definition) is 1. The number of halogens is 2. The molecule has 5 nitrogen and oxygen atoms in total. The Morgan fingerprint density at radius 1 is 1.17 bits per heavy atom. The lowest BCUT2D eigenvalue weighted by atomic mass is 9.98. The van der Waals surface area contributed by atoms with Crippen LogP contribution in [-0.4, -0.2) is 42.5 Å². The maximum atomic E-state index is 13.9. The monoisotopic (exact) mass is 416 g/mol. The summed E-state index contributed by atoms with van der Waals surface area (Å²) in [5.74, 6) is -1.37. The van der Waals surface area contributed by atoms with Crippen LogP contribution in [0.25, 0.3) is 0 Å². The van der Waals surface area contributed by atoms with Crippen LogP contribution in [0.1, 0.15) is 47.4 Å².